The summed E-state index contributed by atoms with van der Waals surface area (Å²) >= 11 is 0. The van der Waals surface area contributed by atoms with Crippen LogP contribution < -0.4 is 15.2 Å². The largest absolute Gasteiger partial charge is 0.505 e. The maximum atomic E-state index is 10.6. The monoisotopic (exact) mass is 391 g/mol. The first-order valence-electron chi connectivity index (χ1n) is 9.65. The van der Waals surface area contributed by atoms with E-state index in [1.807, 2.05) is 30.3 Å². The van der Waals surface area contributed by atoms with Gasteiger partial charge in [0.15, 0.2) is 0 Å². The maximum absolute atomic E-state index is 10.6. The Kier molecular flexibility index (Phi) is 5.73. The van der Waals surface area contributed by atoms with Gasteiger partial charge in [0.2, 0.25) is 0 Å². The minimum atomic E-state index is -0.238. The molecule has 0 atom stereocenters. The summed E-state index contributed by atoms with van der Waals surface area (Å²) in [6, 6.07) is 20.0. The highest BCUT2D eigenvalue weighted by atomic mass is 16.5. The molecule has 0 amide bonds. The fourth-order valence-electron chi connectivity index (χ4n) is 3.59. The molecule has 0 spiro atoms. The van der Waals surface area contributed by atoms with Gasteiger partial charge >= 0.3 is 0 Å². The predicted octanol–water partition coefficient (Wildman–Crippen LogP) is 5.47. The van der Waals surface area contributed by atoms with E-state index in [9.17, 15) is 5.11 Å². The molecule has 0 saturated carbocycles. The van der Waals surface area contributed by atoms with Crippen molar-refractivity contribution in [2.75, 3.05) is 20.0 Å². The van der Waals surface area contributed by atoms with E-state index in [1.54, 1.807) is 14.2 Å². The van der Waals surface area contributed by atoms with E-state index in [-0.39, 0.29) is 17.1 Å². The van der Waals surface area contributed by atoms with Gasteiger partial charge in [-0.2, -0.15) is 0 Å². The van der Waals surface area contributed by atoms with Crippen molar-refractivity contribution in [3.05, 3.63) is 82.9 Å². The highest BCUT2D eigenvalue weighted by molar-refractivity contribution is 5.62. The Labute approximate surface area is 172 Å². The number of methoxy groups -OCH3 is 2. The fraction of sp³-hybridized carbons (Fsp3) is 0.280. The molecule has 0 saturated heterocycles. The van der Waals surface area contributed by atoms with E-state index in [0.29, 0.717) is 5.69 Å². The molecule has 0 aliphatic rings. The van der Waals surface area contributed by atoms with Crippen molar-refractivity contribution in [3.63, 3.8) is 0 Å². The van der Waals surface area contributed by atoms with Crippen LogP contribution in [-0.4, -0.2) is 19.3 Å². The molecule has 3 N–H and O–H groups in total. The van der Waals surface area contributed by atoms with Crippen LogP contribution in [0.1, 0.15) is 48.9 Å². The molecule has 3 aromatic carbocycles. The van der Waals surface area contributed by atoms with Crippen LogP contribution in [0.15, 0.2) is 60.7 Å². The second-order valence-corrected chi connectivity index (χ2v) is 8.24. The summed E-state index contributed by atoms with van der Waals surface area (Å²) in [4.78, 5) is 0. The lowest BCUT2D eigenvalue weighted by Gasteiger charge is -2.26. The van der Waals surface area contributed by atoms with Gasteiger partial charge in [-0.05, 0) is 52.4 Å². The van der Waals surface area contributed by atoms with Gasteiger partial charge in [-0.25, -0.2) is 0 Å². The van der Waals surface area contributed by atoms with Crippen LogP contribution >= 0.6 is 0 Å². The van der Waals surface area contributed by atoms with E-state index < -0.39 is 0 Å². The molecule has 152 valence electrons. The number of hydrogen-bond donors (Lipinski definition) is 2. The van der Waals surface area contributed by atoms with Gasteiger partial charge in [-0.15, -0.1) is 0 Å². The minimum absolute atomic E-state index is 0.0455. The molecule has 4 nitrogen and oxygen atoms in total. The van der Waals surface area contributed by atoms with Gasteiger partial charge in [-0.1, -0.05) is 51.1 Å². The third kappa shape index (κ3) is 4.32. The molecule has 3 aromatic rings. The van der Waals surface area contributed by atoms with E-state index >= 15 is 0 Å². The van der Waals surface area contributed by atoms with Crippen molar-refractivity contribution >= 4 is 5.69 Å². The van der Waals surface area contributed by atoms with Gasteiger partial charge in [-0.3, -0.25) is 0 Å². The van der Waals surface area contributed by atoms with E-state index in [2.05, 4.69) is 51.1 Å². The topological polar surface area (TPSA) is 64.7 Å². The normalized spacial score (nSPS) is 11.5. The first kappa shape index (κ1) is 20.6. The summed E-state index contributed by atoms with van der Waals surface area (Å²) in [5.74, 6) is 1.73. The van der Waals surface area contributed by atoms with E-state index in [4.69, 9.17) is 15.2 Å². The average molecular weight is 392 g/mol. The number of benzene rings is 3. The number of nitrogens with two attached hydrogens (primary N) is 1. The van der Waals surface area contributed by atoms with Crippen molar-refractivity contribution in [1.29, 1.82) is 0 Å². The zero-order chi connectivity index (χ0) is 21.2. The van der Waals surface area contributed by atoms with Crippen molar-refractivity contribution in [1.82, 2.24) is 0 Å². The highest BCUT2D eigenvalue weighted by Crippen LogP contribution is 2.41. The lowest BCUT2D eigenvalue weighted by Crippen LogP contribution is -2.14. The van der Waals surface area contributed by atoms with Crippen molar-refractivity contribution in [2.45, 2.75) is 32.1 Å². The third-order valence-electron chi connectivity index (χ3n) is 5.20. The Morgan fingerprint density at radius 3 is 1.59 bits per heavy atom. The van der Waals surface area contributed by atoms with Gasteiger partial charge in [0.25, 0.3) is 0 Å². The number of phenols is 1. The van der Waals surface area contributed by atoms with Crippen LogP contribution in [0.3, 0.4) is 0 Å². The van der Waals surface area contributed by atoms with Crippen molar-refractivity contribution < 1.29 is 14.6 Å². The number of phenolic OH excluding ortho intramolecular Hbond substituents is 1. The summed E-state index contributed by atoms with van der Waals surface area (Å²) in [7, 11) is 3.32. The molecular weight excluding hydrogens is 362 g/mol. The summed E-state index contributed by atoms with van der Waals surface area (Å²) in [6.07, 6.45) is 0. The van der Waals surface area contributed by atoms with Crippen LogP contribution in [0, 0.1) is 0 Å². The summed E-state index contributed by atoms with van der Waals surface area (Å²) in [5, 5.41) is 10.6. The van der Waals surface area contributed by atoms with Crippen LogP contribution in [0.5, 0.6) is 17.2 Å². The molecule has 29 heavy (non-hydrogen) atoms. The van der Waals surface area contributed by atoms with Gasteiger partial charge in [0.05, 0.1) is 19.9 Å². The SMILES string of the molecule is COc1ccc(C(c2ccc(OC)cc2)c2cc(N)c(O)c(C(C)(C)C)c2)cc1. The molecule has 0 bridgehead atoms. The second kappa shape index (κ2) is 8.08. The second-order valence-electron chi connectivity index (χ2n) is 8.24. The summed E-state index contributed by atoms with van der Waals surface area (Å²) in [6.45, 7) is 6.21. The number of ether oxygens (including phenoxy) is 2. The van der Waals surface area contributed by atoms with Gasteiger partial charge in [0.1, 0.15) is 17.2 Å². The maximum Gasteiger partial charge on any atom is 0.142 e. The van der Waals surface area contributed by atoms with Crippen molar-refractivity contribution in [3.8, 4) is 17.2 Å². The van der Waals surface area contributed by atoms with E-state index in [1.165, 1.54) is 0 Å². The number of rotatable bonds is 5. The molecule has 3 rings (SSSR count). The van der Waals surface area contributed by atoms with Crippen molar-refractivity contribution in [2.24, 2.45) is 0 Å². The zero-order valence-electron chi connectivity index (χ0n) is 17.7. The number of aromatic hydroxyl groups is 1. The Bertz CT molecular complexity index is 923. The van der Waals surface area contributed by atoms with Crippen LogP contribution in [-0.2, 0) is 5.41 Å². The van der Waals surface area contributed by atoms with Crippen LogP contribution in [0.4, 0.5) is 5.69 Å². The number of hydrogen-bond acceptors (Lipinski definition) is 4. The molecule has 0 heterocycles. The molecule has 0 aromatic heterocycles. The lowest BCUT2D eigenvalue weighted by molar-refractivity contribution is 0.414. The minimum Gasteiger partial charge on any atom is -0.505 e. The summed E-state index contributed by atoms with van der Waals surface area (Å²) < 4.78 is 10.6. The molecule has 0 aliphatic carbocycles. The van der Waals surface area contributed by atoms with Crippen LogP contribution in [0.25, 0.3) is 0 Å². The first-order valence-corrected chi connectivity index (χ1v) is 9.65. The molecular formula is C25H29NO3. The Morgan fingerprint density at radius 2 is 1.21 bits per heavy atom. The van der Waals surface area contributed by atoms with E-state index in [0.717, 1.165) is 33.8 Å². The highest BCUT2D eigenvalue weighted by Gasteiger charge is 2.25. The molecule has 0 unspecified atom stereocenters. The Morgan fingerprint density at radius 1 is 0.759 bits per heavy atom. The molecule has 0 fully saturated rings. The Hall–Kier alpha value is -3.14. The smallest absolute Gasteiger partial charge is 0.142 e. The van der Waals surface area contributed by atoms with Crippen LogP contribution in [0.2, 0.25) is 0 Å². The van der Waals surface area contributed by atoms with Gasteiger partial charge in [0, 0.05) is 11.5 Å². The van der Waals surface area contributed by atoms with Gasteiger partial charge < -0.3 is 20.3 Å². The first-order chi connectivity index (χ1) is 13.7. The average Bonchev–Trinajstić information content (AvgIpc) is 2.71. The molecule has 0 radical (unpaired) electrons. The lowest BCUT2D eigenvalue weighted by atomic mass is 9.79. The fourth-order valence-corrected chi connectivity index (χ4v) is 3.59. The number of nitrogen functional groups attached to an aromatic ring is 1. The third-order valence-corrected chi connectivity index (χ3v) is 5.20. The predicted molar refractivity (Wildman–Crippen MR) is 118 cm³/mol. The molecule has 0 aliphatic heterocycles. The summed E-state index contributed by atoms with van der Waals surface area (Å²) in [5.41, 5.74) is 10.4. The quantitative estimate of drug-likeness (QED) is 0.344. The Balaban J connectivity index is 2.20. The zero-order valence-corrected chi connectivity index (χ0v) is 17.7. The standard InChI is InChI=1S/C25H29NO3/c1-25(2,3)21-14-18(15-22(26)24(21)27)23(16-6-10-19(28-4)11-7-16)17-8-12-20(29-5)13-9-17/h6-15,23,27H,26H2,1-5H3. The number of anilines is 1. The molecule has 4 heteroatoms.